The number of rotatable bonds is 4. The Morgan fingerprint density at radius 2 is 2.04 bits per heavy atom. The number of carbonyl (C=O) groups excluding carboxylic acids is 1. The fourth-order valence-corrected chi connectivity index (χ4v) is 4.66. The summed E-state index contributed by atoms with van der Waals surface area (Å²) in [4.78, 5) is 14.6. The van der Waals surface area contributed by atoms with Gasteiger partial charge in [-0.15, -0.1) is 0 Å². The van der Waals surface area contributed by atoms with E-state index in [-0.39, 0.29) is 30.0 Å². The highest BCUT2D eigenvalue weighted by Crippen LogP contribution is 2.23. The fourth-order valence-electron chi connectivity index (χ4n) is 2.93. The van der Waals surface area contributed by atoms with Crippen LogP contribution in [0.25, 0.3) is 0 Å². The molecule has 122 valence electrons. The van der Waals surface area contributed by atoms with Crippen molar-refractivity contribution in [3.63, 3.8) is 0 Å². The molecule has 5 nitrogen and oxygen atoms in total. The summed E-state index contributed by atoms with van der Waals surface area (Å²) in [5.74, 6) is 0.649. The zero-order valence-electron chi connectivity index (χ0n) is 12.9. The molecule has 0 saturated carbocycles. The number of benzene rings is 1. The first-order valence-electron chi connectivity index (χ1n) is 7.56. The summed E-state index contributed by atoms with van der Waals surface area (Å²) in [7, 11) is -3.07. The molecule has 23 heavy (non-hydrogen) atoms. The van der Waals surface area contributed by atoms with Crippen molar-refractivity contribution in [2.75, 3.05) is 11.5 Å². The molecular weight excluding hydrogens is 314 g/mol. The van der Waals surface area contributed by atoms with Gasteiger partial charge in [0.2, 0.25) is 0 Å². The van der Waals surface area contributed by atoms with Gasteiger partial charge in [0.25, 0.3) is 5.91 Å². The van der Waals surface area contributed by atoms with Gasteiger partial charge < -0.3 is 9.32 Å². The standard InChI is InChI=1S/C17H19NO4S/c1-13-5-2-3-7-16(13)17(19)18(11-15-6-4-9-22-15)14-8-10-23(20,21)12-14/h2-7,9,14H,8,10-12H2,1H3/t14-/m1/s1. The van der Waals surface area contributed by atoms with E-state index in [2.05, 4.69) is 0 Å². The van der Waals surface area contributed by atoms with E-state index in [1.54, 1.807) is 29.4 Å². The van der Waals surface area contributed by atoms with Crippen molar-refractivity contribution in [2.45, 2.75) is 25.9 Å². The second kappa shape index (κ2) is 6.20. The Morgan fingerprint density at radius 3 is 2.65 bits per heavy atom. The summed E-state index contributed by atoms with van der Waals surface area (Å²) in [6.45, 7) is 2.16. The molecule has 2 heterocycles. The molecule has 0 spiro atoms. The largest absolute Gasteiger partial charge is 0.467 e. The van der Waals surface area contributed by atoms with Crippen molar-refractivity contribution in [1.29, 1.82) is 0 Å². The predicted octanol–water partition coefficient (Wildman–Crippen LogP) is 2.42. The predicted molar refractivity (Wildman–Crippen MR) is 86.8 cm³/mol. The minimum absolute atomic E-state index is 0.0192. The Labute approximate surface area is 135 Å². The molecule has 6 heteroatoms. The minimum Gasteiger partial charge on any atom is -0.467 e. The van der Waals surface area contributed by atoms with Gasteiger partial charge in [-0.25, -0.2) is 8.42 Å². The summed E-state index contributed by atoms with van der Waals surface area (Å²) >= 11 is 0. The number of hydrogen-bond donors (Lipinski definition) is 0. The zero-order valence-corrected chi connectivity index (χ0v) is 13.8. The van der Waals surface area contributed by atoms with Crippen LogP contribution < -0.4 is 0 Å². The maximum atomic E-state index is 13.0. The van der Waals surface area contributed by atoms with Crippen LogP contribution in [0.3, 0.4) is 0 Å². The van der Waals surface area contributed by atoms with Crippen molar-refractivity contribution < 1.29 is 17.6 Å². The van der Waals surface area contributed by atoms with Gasteiger partial charge in [-0.2, -0.15) is 0 Å². The molecule has 2 aromatic rings. The number of furan rings is 1. The van der Waals surface area contributed by atoms with Gasteiger partial charge in [-0.1, -0.05) is 18.2 Å². The van der Waals surface area contributed by atoms with Gasteiger partial charge in [0.05, 0.1) is 24.3 Å². The number of hydrogen-bond acceptors (Lipinski definition) is 4. The molecule has 1 aromatic carbocycles. The first-order valence-corrected chi connectivity index (χ1v) is 9.38. The van der Waals surface area contributed by atoms with Crippen molar-refractivity contribution in [3.05, 3.63) is 59.5 Å². The lowest BCUT2D eigenvalue weighted by molar-refractivity contribution is 0.0665. The summed E-state index contributed by atoms with van der Waals surface area (Å²) in [5.41, 5.74) is 1.48. The van der Waals surface area contributed by atoms with E-state index in [1.807, 2.05) is 25.1 Å². The molecule has 0 aliphatic carbocycles. The number of nitrogens with zero attached hydrogens (tertiary/aromatic N) is 1. The third kappa shape index (κ3) is 3.47. The lowest BCUT2D eigenvalue weighted by Gasteiger charge is -2.28. The molecular formula is C17H19NO4S. The molecule has 1 amide bonds. The monoisotopic (exact) mass is 333 g/mol. The van der Waals surface area contributed by atoms with E-state index >= 15 is 0 Å². The van der Waals surface area contributed by atoms with Crippen molar-refractivity contribution in [3.8, 4) is 0 Å². The molecule has 3 rings (SSSR count). The van der Waals surface area contributed by atoms with Crippen molar-refractivity contribution in [1.82, 2.24) is 4.90 Å². The van der Waals surface area contributed by atoms with Crippen LogP contribution in [-0.2, 0) is 16.4 Å². The van der Waals surface area contributed by atoms with E-state index in [4.69, 9.17) is 4.42 Å². The van der Waals surface area contributed by atoms with Gasteiger partial charge in [-0.05, 0) is 37.1 Å². The summed E-state index contributed by atoms with van der Waals surface area (Å²) < 4.78 is 29.0. The second-order valence-corrected chi connectivity index (χ2v) is 8.11. The molecule has 1 atom stereocenters. The highest BCUT2D eigenvalue weighted by Gasteiger charge is 2.35. The molecule has 0 bridgehead atoms. The lowest BCUT2D eigenvalue weighted by atomic mass is 10.1. The van der Waals surface area contributed by atoms with Gasteiger partial charge in [0.15, 0.2) is 9.84 Å². The summed E-state index contributed by atoms with van der Waals surface area (Å²) in [6, 6.07) is 10.6. The Bertz CT molecular complexity index is 796. The first kappa shape index (κ1) is 15.8. The normalized spacial score (nSPS) is 19.6. The van der Waals surface area contributed by atoms with E-state index in [9.17, 15) is 13.2 Å². The van der Waals surface area contributed by atoms with E-state index in [0.29, 0.717) is 17.7 Å². The highest BCUT2D eigenvalue weighted by atomic mass is 32.2. The molecule has 0 unspecified atom stereocenters. The Hall–Kier alpha value is -2.08. The maximum absolute atomic E-state index is 13.0. The topological polar surface area (TPSA) is 67.6 Å². The maximum Gasteiger partial charge on any atom is 0.254 e. The van der Waals surface area contributed by atoms with Crippen molar-refractivity contribution >= 4 is 15.7 Å². The first-order chi connectivity index (χ1) is 11.0. The van der Waals surface area contributed by atoms with Gasteiger partial charge in [0.1, 0.15) is 5.76 Å². The molecule has 1 aliphatic heterocycles. The minimum atomic E-state index is -3.07. The van der Waals surface area contributed by atoms with Crippen LogP contribution in [0.1, 0.15) is 28.1 Å². The van der Waals surface area contributed by atoms with Crippen LogP contribution in [0.4, 0.5) is 0 Å². The third-order valence-electron chi connectivity index (χ3n) is 4.19. The second-order valence-electron chi connectivity index (χ2n) is 5.88. The summed E-state index contributed by atoms with van der Waals surface area (Å²) in [6.07, 6.45) is 2.03. The van der Waals surface area contributed by atoms with Crippen molar-refractivity contribution in [2.24, 2.45) is 0 Å². The number of aryl methyl sites for hydroxylation is 1. The molecule has 1 aliphatic rings. The fraction of sp³-hybridized carbons (Fsp3) is 0.353. The van der Waals surface area contributed by atoms with E-state index < -0.39 is 9.84 Å². The smallest absolute Gasteiger partial charge is 0.254 e. The highest BCUT2D eigenvalue weighted by molar-refractivity contribution is 7.91. The third-order valence-corrected chi connectivity index (χ3v) is 5.94. The average Bonchev–Trinajstić information content (AvgIpc) is 3.14. The molecule has 1 saturated heterocycles. The number of carbonyl (C=O) groups is 1. The lowest BCUT2D eigenvalue weighted by Crippen LogP contribution is -2.40. The van der Waals surface area contributed by atoms with Gasteiger partial charge in [0, 0.05) is 11.6 Å². The summed E-state index contributed by atoms with van der Waals surface area (Å²) in [5, 5.41) is 0. The van der Waals surface area contributed by atoms with Crippen LogP contribution in [0.15, 0.2) is 47.1 Å². The molecule has 1 aromatic heterocycles. The molecule has 1 fully saturated rings. The Balaban J connectivity index is 1.91. The van der Waals surface area contributed by atoms with Crippen LogP contribution in [-0.4, -0.2) is 36.8 Å². The SMILES string of the molecule is Cc1ccccc1C(=O)N(Cc1ccco1)[C@@H]1CCS(=O)(=O)C1. The quantitative estimate of drug-likeness (QED) is 0.862. The van der Waals surface area contributed by atoms with E-state index in [1.165, 1.54) is 0 Å². The van der Waals surface area contributed by atoms with Crippen LogP contribution >= 0.6 is 0 Å². The average molecular weight is 333 g/mol. The van der Waals surface area contributed by atoms with Gasteiger partial charge in [-0.3, -0.25) is 4.79 Å². The number of amides is 1. The van der Waals surface area contributed by atoms with Crippen LogP contribution in [0.5, 0.6) is 0 Å². The van der Waals surface area contributed by atoms with Crippen LogP contribution in [0.2, 0.25) is 0 Å². The number of sulfone groups is 1. The van der Waals surface area contributed by atoms with Crippen LogP contribution in [0, 0.1) is 6.92 Å². The Kier molecular flexibility index (Phi) is 4.26. The van der Waals surface area contributed by atoms with E-state index in [0.717, 1.165) is 5.56 Å². The molecule has 0 radical (unpaired) electrons. The molecule has 0 N–H and O–H groups in total. The Morgan fingerprint density at radius 1 is 1.26 bits per heavy atom. The van der Waals surface area contributed by atoms with Gasteiger partial charge >= 0.3 is 0 Å². The zero-order chi connectivity index (χ0) is 16.4.